The van der Waals surface area contributed by atoms with Crippen LogP contribution in [0.25, 0.3) is 0 Å². The molecule has 4 saturated carbocycles. The molecule has 6 nitrogen and oxygen atoms in total. The van der Waals surface area contributed by atoms with E-state index >= 15 is 0 Å². The van der Waals surface area contributed by atoms with Crippen molar-refractivity contribution in [1.82, 2.24) is 4.90 Å². The number of halogens is 1. The second-order valence-corrected chi connectivity index (χ2v) is 10.2. The van der Waals surface area contributed by atoms with Crippen molar-refractivity contribution < 1.29 is 18.8 Å². The van der Waals surface area contributed by atoms with Gasteiger partial charge in [0.25, 0.3) is 0 Å². The Morgan fingerprint density at radius 1 is 1.03 bits per heavy atom. The number of carbonyl (C=O) groups is 3. The van der Waals surface area contributed by atoms with Crippen molar-refractivity contribution >= 4 is 29.1 Å². The molecule has 3 amide bonds. The Morgan fingerprint density at radius 2 is 1.68 bits per heavy atom. The highest BCUT2D eigenvalue weighted by Gasteiger charge is 2.56. The summed E-state index contributed by atoms with van der Waals surface area (Å²) in [5, 5.41) is 5.26. The Labute approximate surface area is 181 Å². The standard InChI is InChI=1S/C24H30FN3O3/c1-14(29)26-20-10-18(4-5-19(20)25)27-22(30)21-3-2-6-28(21)23(31)24-11-15-7-16(12-24)9-17(8-15)13-24/h4-5,10,15-17,21H,2-3,6-9,11-13H2,1H3,(H,26,29)(H,27,30). The van der Waals surface area contributed by atoms with Gasteiger partial charge in [-0.1, -0.05) is 0 Å². The molecule has 1 aliphatic heterocycles. The molecular formula is C24H30FN3O3. The lowest BCUT2D eigenvalue weighted by molar-refractivity contribution is -0.160. The Bertz CT molecular complexity index is 895. The number of hydrogen-bond donors (Lipinski definition) is 2. The number of benzene rings is 1. The lowest BCUT2D eigenvalue weighted by Gasteiger charge is -2.56. The zero-order valence-electron chi connectivity index (χ0n) is 18.0. The highest BCUT2D eigenvalue weighted by molar-refractivity contribution is 5.99. The van der Waals surface area contributed by atoms with Gasteiger partial charge < -0.3 is 15.5 Å². The lowest BCUT2D eigenvalue weighted by atomic mass is 9.49. The summed E-state index contributed by atoms with van der Waals surface area (Å²) in [6.45, 7) is 1.93. The molecular weight excluding hydrogens is 397 g/mol. The minimum atomic E-state index is -0.562. The third-order valence-electron chi connectivity index (χ3n) is 7.85. The molecule has 7 heteroatoms. The largest absolute Gasteiger partial charge is 0.330 e. The summed E-state index contributed by atoms with van der Waals surface area (Å²) < 4.78 is 13.9. The van der Waals surface area contributed by atoms with Gasteiger partial charge in [0, 0.05) is 19.2 Å². The molecule has 4 bridgehead atoms. The Kier molecular flexibility index (Phi) is 5.02. The minimum Gasteiger partial charge on any atom is -0.330 e. The smallest absolute Gasteiger partial charge is 0.247 e. The van der Waals surface area contributed by atoms with Crippen LogP contribution in [0.1, 0.15) is 58.3 Å². The Balaban J connectivity index is 1.31. The van der Waals surface area contributed by atoms with Crippen LogP contribution in [0.2, 0.25) is 0 Å². The quantitative estimate of drug-likeness (QED) is 0.764. The van der Waals surface area contributed by atoms with E-state index in [1.165, 1.54) is 44.4 Å². The molecule has 1 saturated heterocycles. The Hall–Kier alpha value is -2.44. The van der Waals surface area contributed by atoms with Gasteiger partial charge in [-0.05, 0) is 87.3 Å². The first-order valence-electron chi connectivity index (χ1n) is 11.5. The number of carbonyl (C=O) groups excluding carboxylic acids is 3. The molecule has 0 aromatic heterocycles. The molecule has 5 aliphatic rings. The van der Waals surface area contributed by atoms with Gasteiger partial charge in [0.05, 0.1) is 11.1 Å². The maximum Gasteiger partial charge on any atom is 0.247 e. The van der Waals surface area contributed by atoms with Crippen molar-refractivity contribution in [3.05, 3.63) is 24.0 Å². The van der Waals surface area contributed by atoms with Crippen molar-refractivity contribution in [1.29, 1.82) is 0 Å². The van der Waals surface area contributed by atoms with Gasteiger partial charge in [-0.3, -0.25) is 14.4 Å². The van der Waals surface area contributed by atoms with Gasteiger partial charge in [0.15, 0.2) is 0 Å². The van der Waals surface area contributed by atoms with E-state index in [0.717, 1.165) is 25.7 Å². The topological polar surface area (TPSA) is 78.5 Å². The summed E-state index contributed by atoms with van der Waals surface area (Å²) >= 11 is 0. The van der Waals surface area contributed by atoms with E-state index in [1.54, 1.807) is 0 Å². The van der Waals surface area contributed by atoms with Crippen LogP contribution in [-0.2, 0) is 14.4 Å². The van der Waals surface area contributed by atoms with E-state index < -0.39 is 11.9 Å². The normalized spacial score (nSPS) is 33.4. The molecule has 1 heterocycles. The number of amides is 3. The highest BCUT2D eigenvalue weighted by atomic mass is 19.1. The van der Waals surface area contributed by atoms with Crippen LogP contribution < -0.4 is 10.6 Å². The molecule has 166 valence electrons. The second-order valence-electron chi connectivity index (χ2n) is 10.2. The summed E-state index contributed by atoms with van der Waals surface area (Å²) in [5.41, 5.74) is 0.175. The van der Waals surface area contributed by atoms with Gasteiger partial charge in [-0.25, -0.2) is 4.39 Å². The Morgan fingerprint density at radius 3 is 2.29 bits per heavy atom. The molecule has 2 N–H and O–H groups in total. The number of rotatable bonds is 4. The van der Waals surface area contributed by atoms with Gasteiger partial charge in [-0.2, -0.15) is 0 Å². The maximum atomic E-state index is 13.9. The fraction of sp³-hybridized carbons (Fsp3) is 0.625. The second kappa shape index (κ2) is 7.61. The van der Waals surface area contributed by atoms with Gasteiger partial charge >= 0.3 is 0 Å². The molecule has 5 fully saturated rings. The first-order chi connectivity index (χ1) is 14.8. The fourth-order valence-electron chi connectivity index (χ4n) is 7.07. The molecule has 0 radical (unpaired) electrons. The first-order valence-corrected chi connectivity index (χ1v) is 11.5. The third kappa shape index (κ3) is 3.72. The molecule has 1 atom stereocenters. The van der Waals surface area contributed by atoms with Crippen LogP contribution in [-0.4, -0.2) is 35.2 Å². The average Bonchev–Trinajstić information content (AvgIpc) is 3.18. The SMILES string of the molecule is CC(=O)Nc1cc(NC(=O)C2CCCN2C(=O)C23CC4CC(CC(C4)C2)C3)ccc1F. The number of nitrogens with zero attached hydrogens (tertiary/aromatic N) is 1. The van der Waals surface area contributed by atoms with Crippen LogP contribution in [0, 0.1) is 29.0 Å². The summed E-state index contributed by atoms with van der Waals surface area (Å²) in [6.07, 6.45) is 8.25. The first kappa shape index (κ1) is 20.5. The van der Waals surface area contributed by atoms with Crippen molar-refractivity contribution in [2.45, 2.75) is 64.3 Å². The fourth-order valence-corrected chi connectivity index (χ4v) is 7.07. The highest BCUT2D eigenvalue weighted by Crippen LogP contribution is 2.60. The molecule has 0 spiro atoms. The van der Waals surface area contributed by atoms with E-state index in [1.807, 2.05) is 4.90 Å². The van der Waals surface area contributed by atoms with Crippen LogP contribution >= 0.6 is 0 Å². The van der Waals surface area contributed by atoms with Crippen molar-refractivity contribution in [3.8, 4) is 0 Å². The molecule has 1 unspecified atom stereocenters. The van der Waals surface area contributed by atoms with E-state index in [0.29, 0.717) is 36.4 Å². The summed E-state index contributed by atoms with van der Waals surface area (Å²) in [4.78, 5) is 39.9. The van der Waals surface area contributed by atoms with E-state index in [-0.39, 0.29) is 28.8 Å². The monoisotopic (exact) mass is 427 g/mol. The minimum absolute atomic E-state index is 0.0261. The summed E-state index contributed by atoms with van der Waals surface area (Å²) in [5.74, 6) is 1.03. The van der Waals surface area contributed by atoms with Gasteiger partial charge in [0.1, 0.15) is 11.9 Å². The van der Waals surface area contributed by atoms with Crippen LogP contribution in [0.4, 0.5) is 15.8 Å². The number of hydrogen-bond acceptors (Lipinski definition) is 3. The molecule has 1 aromatic rings. The zero-order chi connectivity index (χ0) is 21.8. The summed E-state index contributed by atoms with van der Waals surface area (Å²) in [6, 6.07) is 3.61. The third-order valence-corrected chi connectivity index (χ3v) is 7.85. The number of anilines is 2. The van der Waals surface area contributed by atoms with Crippen molar-refractivity contribution in [2.24, 2.45) is 23.2 Å². The predicted molar refractivity (Wildman–Crippen MR) is 115 cm³/mol. The average molecular weight is 428 g/mol. The van der Waals surface area contributed by atoms with Crippen LogP contribution in [0.5, 0.6) is 0 Å². The van der Waals surface area contributed by atoms with Gasteiger partial charge in [-0.15, -0.1) is 0 Å². The van der Waals surface area contributed by atoms with Crippen molar-refractivity contribution in [3.63, 3.8) is 0 Å². The molecule has 6 rings (SSSR count). The predicted octanol–water partition coefficient (Wildman–Crippen LogP) is 3.93. The zero-order valence-corrected chi connectivity index (χ0v) is 18.0. The molecule has 31 heavy (non-hydrogen) atoms. The van der Waals surface area contributed by atoms with Crippen molar-refractivity contribution in [2.75, 3.05) is 17.2 Å². The summed E-state index contributed by atoms with van der Waals surface area (Å²) in [7, 11) is 0. The van der Waals surface area contributed by atoms with Crippen LogP contribution in [0.15, 0.2) is 18.2 Å². The van der Waals surface area contributed by atoms with Gasteiger partial charge in [0.2, 0.25) is 17.7 Å². The van der Waals surface area contributed by atoms with E-state index in [4.69, 9.17) is 0 Å². The number of nitrogens with one attached hydrogen (secondary N) is 2. The van der Waals surface area contributed by atoms with Crippen LogP contribution in [0.3, 0.4) is 0 Å². The number of likely N-dealkylation sites (tertiary alicyclic amines) is 1. The lowest BCUT2D eigenvalue weighted by Crippen LogP contribution is -2.56. The van der Waals surface area contributed by atoms with E-state index in [2.05, 4.69) is 10.6 Å². The molecule has 4 aliphatic carbocycles. The van der Waals surface area contributed by atoms with E-state index in [9.17, 15) is 18.8 Å². The molecule has 1 aromatic carbocycles. The maximum absolute atomic E-state index is 13.9.